The van der Waals surface area contributed by atoms with E-state index < -0.39 is 5.82 Å². The van der Waals surface area contributed by atoms with E-state index in [1.165, 1.54) is 12.1 Å². The smallest absolute Gasteiger partial charge is 0.170 e. The average Bonchev–Trinajstić information content (AvgIpc) is 2.45. The van der Waals surface area contributed by atoms with Crippen molar-refractivity contribution in [3.8, 4) is 0 Å². The van der Waals surface area contributed by atoms with Gasteiger partial charge in [0, 0.05) is 23.9 Å². The van der Waals surface area contributed by atoms with E-state index >= 15 is 0 Å². The van der Waals surface area contributed by atoms with Crippen LogP contribution < -0.4 is 5.73 Å². The highest BCUT2D eigenvalue weighted by molar-refractivity contribution is 7.98. The van der Waals surface area contributed by atoms with Gasteiger partial charge in [-0.05, 0) is 37.4 Å². The first-order valence-corrected chi connectivity index (χ1v) is 7.88. The Morgan fingerprint density at radius 3 is 2.80 bits per heavy atom. The molecular weight excluding hydrogens is 277 g/mol. The summed E-state index contributed by atoms with van der Waals surface area (Å²) in [5, 5.41) is 11.8. The third-order valence-electron chi connectivity index (χ3n) is 3.33. The van der Waals surface area contributed by atoms with Gasteiger partial charge in [0.05, 0.1) is 0 Å². The van der Waals surface area contributed by atoms with Crippen LogP contribution in [0, 0.1) is 5.82 Å². The lowest BCUT2D eigenvalue weighted by molar-refractivity contribution is 0.247. The third kappa shape index (κ3) is 4.38. The zero-order valence-electron chi connectivity index (χ0n) is 12.1. The van der Waals surface area contributed by atoms with Gasteiger partial charge in [-0.25, -0.2) is 4.39 Å². The highest BCUT2D eigenvalue weighted by Gasteiger charge is 2.16. The molecule has 0 radical (unpaired) electrons. The number of hydrogen-bond donors (Lipinski definition) is 2. The number of benzene rings is 1. The minimum absolute atomic E-state index is 0.0641. The fourth-order valence-electron chi connectivity index (χ4n) is 2.13. The monoisotopic (exact) mass is 299 g/mol. The second-order valence-electron chi connectivity index (χ2n) is 4.72. The molecule has 0 aliphatic heterocycles. The van der Waals surface area contributed by atoms with Gasteiger partial charge in [-0.1, -0.05) is 18.1 Å². The van der Waals surface area contributed by atoms with Crippen molar-refractivity contribution in [1.29, 1.82) is 0 Å². The number of rotatable bonds is 7. The van der Waals surface area contributed by atoms with E-state index in [4.69, 9.17) is 10.9 Å². The Morgan fingerprint density at radius 1 is 1.55 bits per heavy atom. The maximum atomic E-state index is 13.3. The summed E-state index contributed by atoms with van der Waals surface area (Å²) in [5.41, 5.74) is 6.91. The van der Waals surface area contributed by atoms with E-state index in [-0.39, 0.29) is 5.84 Å². The summed E-state index contributed by atoms with van der Waals surface area (Å²) in [6, 6.07) is 4.82. The van der Waals surface area contributed by atoms with E-state index in [1.807, 2.05) is 7.05 Å². The summed E-state index contributed by atoms with van der Waals surface area (Å²) >= 11 is 1.80. The molecule has 1 rings (SSSR count). The Balaban J connectivity index is 2.96. The molecule has 1 atom stereocenters. The minimum atomic E-state index is -0.394. The van der Waals surface area contributed by atoms with Crippen molar-refractivity contribution in [2.24, 2.45) is 10.9 Å². The molecule has 0 saturated carbocycles. The predicted octanol–water partition coefficient (Wildman–Crippen LogP) is 2.49. The molecule has 6 heteroatoms. The summed E-state index contributed by atoms with van der Waals surface area (Å²) in [5.74, 6) is 0.576. The van der Waals surface area contributed by atoms with Crippen molar-refractivity contribution in [2.75, 3.05) is 19.1 Å². The molecular formula is C14H22FN3OS. The van der Waals surface area contributed by atoms with Gasteiger partial charge in [-0.3, -0.25) is 4.90 Å². The molecule has 0 bridgehead atoms. The third-order valence-corrected chi connectivity index (χ3v) is 4.05. The Morgan fingerprint density at radius 2 is 2.25 bits per heavy atom. The molecule has 1 unspecified atom stereocenters. The highest BCUT2D eigenvalue weighted by atomic mass is 32.2. The molecule has 0 fully saturated rings. The van der Waals surface area contributed by atoms with Crippen molar-refractivity contribution in [1.82, 2.24) is 4.90 Å². The van der Waals surface area contributed by atoms with Gasteiger partial charge in [0.2, 0.25) is 0 Å². The minimum Gasteiger partial charge on any atom is -0.409 e. The second kappa shape index (κ2) is 8.11. The van der Waals surface area contributed by atoms with Gasteiger partial charge in [0.15, 0.2) is 5.84 Å². The van der Waals surface area contributed by atoms with E-state index in [0.717, 1.165) is 17.7 Å². The standard InChI is InChI=1S/C14H22FN3OS/c1-4-12(9-20-3)18(2)8-10-5-6-11(15)7-13(10)14(16)17-19/h5-7,12,19H,4,8-9H2,1-3H3,(H2,16,17). The van der Waals surface area contributed by atoms with Gasteiger partial charge < -0.3 is 10.9 Å². The SMILES string of the molecule is CCC(CSC)N(C)Cc1ccc(F)cc1/C(N)=N/O. The van der Waals surface area contributed by atoms with Crippen LogP contribution in [0.25, 0.3) is 0 Å². The van der Waals surface area contributed by atoms with E-state index in [2.05, 4.69) is 23.2 Å². The first kappa shape index (κ1) is 16.8. The molecule has 0 saturated heterocycles. The predicted molar refractivity (Wildman–Crippen MR) is 82.8 cm³/mol. The molecule has 112 valence electrons. The van der Waals surface area contributed by atoms with Crippen molar-refractivity contribution in [3.63, 3.8) is 0 Å². The average molecular weight is 299 g/mol. The largest absolute Gasteiger partial charge is 0.409 e. The summed E-state index contributed by atoms with van der Waals surface area (Å²) < 4.78 is 13.3. The second-order valence-corrected chi connectivity index (χ2v) is 5.63. The molecule has 1 aromatic rings. The molecule has 3 N–H and O–H groups in total. The van der Waals surface area contributed by atoms with Crippen LogP contribution in [-0.4, -0.2) is 41.0 Å². The molecule has 0 amide bonds. The number of amidine groups is 1. The van der Waals surface area contributed by atoms with Gasteiger partial charge in [-0.15, -0.1) is 0 Å². The maximum absolute atomic E-state index is 13.3. The number of thioether (sulfide) groups is 1. The maximum Gasteiger partial charge on any atom is 0.170 e. The number of oxime groups is 1. The van der Waals surface area contributed by atoms with Crippen LogP contribution in [0.15, 0.2) is 23.4 Å². The summed E-state index contributed by atoms with van der Waals surface area (Å²) in [4.78, 5) is 2.21. The summed E-state index contributed by atoms with van der Waals surface area (Å²) in [6.07, 6.45) is 3.12. The fraction of sp³-hybridized carbons (Fsp3) is 0.500. The molecule has 0 spiro atoms. The quantitative estimate of drug-likeness (QED) is 0.351. The number of hydrogen-bond acceptors (Lipinski definition) is 4. The molecule has 0 heterocycles. The molecule has 0 aromatic heterocycles. The number of halogens is 1. The molecule has 4 nitrogen and oxygen atoms in total. The van der Waals surface area contributed by atoms with E-state index in [9.17, 15) is 4.39 Å². The van der Waals surface area contributed by atoms with Gasteiger partial charge >= 0.3 is 0 Å². The molecule has 1 aromatic carbocycles. The van der Waals surface area contributed by atoms with Crippen LogP contribution in [0.3, 0.4) is 0 Å². The molecule has 0 aliphatic carbocycles. The van der Waals surface area contributed by atoms with Gasteiger partial charge in [0.25, 0.3) is 0 Å². The van der Waals surface area contributed by atoms with E-state index in [0.29, 0.717) is 18.2 Å². The summed E-state index contributed by atoms with van der Waals surface area (Å²) in [7, 11) is 2.03. The summed E-state index contributed by atoms with van der Waals surface area (Å²) in [6.45, 7) is 2.78. The lowest BCUT2D eigenvalue weighted by atomic mass is 10.0. The van der Waals surface area contributed by atoms with Crippen LogP contribution in [0.2, 0.25) is 0 Å². The van der Waals surface area contributed by atoms with Crippen LogP contribution in [0.5, 0.6) is 0 Å². The van der Waals surface area contributed by atoms with Crippen molar-refractivity contribution >= 4 is 17.6 Å². The first-order chi connectivity index (χ1) is 9.53. The Kier molecular flexibility index (Phi) is 6.81. The zero-order valence-corrected chi connectivity index (χ0v) is 13.0. The molecule has 0 aliphatic rings. The fourth-order valence-corrected chi connectivity index (χ4v) is 3.00. The van der Waals surface area contributed by atoms with Crippen molar-refractivity contribution in [2.45, 2.75) is 25.9 Å². The Labute approximate surface area is 123 Å². The van der Waals surface area contributed by atoms with Crippen LogP contribution in [0.4, 0.5) is 4.39 Å². The van der Waals surface area contributed by atoms with E-state index in [1.54, 1.807) is 17.8 Å². The zero-order chi connectivity index (χ0) is 15.1. The number of nitrogens with two attached hydrogens (primary N) is 1. The van der Waals surface area contributed by atoms with Crippen LogP contribution in [-0.2, 0) is 6.54 Å². The van der Waals surface area contributed by atoms with Crippen LogP contribution in [0.1, 0.15) is 24.5 Å². The lowest BCUT2D eigenvalue weighted by Gasteiger charge is -2.27. The Bertz CT molecular complexity index is 468. The van der Waals surface area contributed by atoms with Gasteiger partial charge in [0.1, 0.15) is 5.82 Å². The first-order valence-electron chi connectivity index (χ1n) is 6.49. The Hall–Kier alpha value is -1.27. The van der Waals surface area contributed by atoms with Crippen molar-refractivity contribution in [3.05, 3.63) is 35.1 Å². The lowest BCUT2D eigenvalue weighted by Crippen LogP contribution is -2.33. The highest BCUT2D eigenvalue weighted by Crippen LogP contribution is 2.17. The van der Waals surface area contributed by atoms with Gasteiger partial charge in [-0.2, -0.15) is 11.8 Å². The van der Waals surface area contributed by atoms with Crippen molar-refractivity contribution < 1.29 is 9.60 Å². The van der Waals surface area contributed by atoms with Crippen LogP contribution >= 0.6 is 11.8 Å². The number of nitrogens with zero attached hydrogens (tertiary/aromatic N) is 2. The topological polar surface area (TPSA) is 61.8 Å². The molecule has 20 heavy (non-hydrogen) atoms. The normalized spacial score (nSPS) is 13.8.